The van der Waals surface area contributed by atoms with Crippen LogP contribution >= 0.6 is 0 Å². The molecule has 0 aliphatic heterocycles. The van der Waals surface area contributed by atoms with Gasteiger partial charge in [-0.2, -0.15) is 9.61 Å². The van der Waals surface area contributed by atoms with E-state index >= 15 is 0 Å². The van der Waals surface area contributed by atoms with Crippen molar-refractivity contribution in [2.45, 2.75) is 26.8 Å². The molecule has 0 amide bonds. The van der Waals surface area contributed by atoms with Crippen LogP contribution in [0.15, 0.2) is 73.3 Å². The van der Waals surface area contributed by atoms with E-state index in [1.165, 1.54) is 5.56 Å². The van der Waals surface area contributed by atoms with Crippen LogP contribution in [0.4, 0.5) is 0 Å². The number of pyridine rings is 1. The average Bonchev–Trinajstić information content (AvgIpc) is 3.54. The summed E-state index contributed by atoms with van der Waals surface area (Å²) in [5, 5.41) is 9.27. The lowest BCUT2D eigenvalue weighted by Crippen LogP contribution is -2.28. The molecule has 0 saturated carbocycles. The Kier molecular flexibility index (Phi) is 7.28. The van der Waals surface area contributed by atoms with Crippen LogP contribution in [0.1, 0.15) is 30.8 Å². The van der Waals surface area contributed by atoms with Crippen LogP contribution in [0.25, 0.3) is 17.0 Å². The predicted molar refractivity (Wildman–Crippen MR) is 138 cm³/mol. The van der Waals surface area contributed by atoms with Crippen molar-refractivity contribution in [3.05, 3.63) is 90.3 Å². The zero-order chi connectivity index (χ0) is 24.7. The van der Waals surface area contributed by atoms with E-state index in [0.717, 1.165) is 36.4 Å². The number of nitrogens with zero attached hydrogens (tertiary/aromatic N) is 8. The summed E-state index contributed by atoms with van der Waals surface area (Å²) >= 11 is 0. The maximum absolute atomic E-state index is 5.88. The van der Waals surface area contributed by atoms with Crippen LogP contribution in [-0.4, -0.2) is 65.5 Å². The van der Waals surface area contributed by atoms with Crippen molar-refractivity contribution in [2.24, 2.45) is 0 Å². The highest BCUT2D eigenvalue weighted by Gasteiger charge is 2.13. The molecule has 9 heteroatoms. The number of ether oxygens (including phenoxy) is 1. The lowest BCUT2D eigenvalue weighted by molar-refractivity contribution is 0.218. The molecule has 0 aliphatic carbocycles. The minimum absolute atomic E-state index is 0.573. The average molecular weight is 483 g/mol. The Bertz CT molecular complexity index is 1410. The van der Waals surface area contributed by atoms with Gasteiger partial charge in [-0.3, -0.25) is 4.68 Å². The maximum atomic E-state index is 5.88. The van der Waals surface area contributed by atoms with Gasteiger partial charge >= 0.3 is 0 Å². The van der Waals surface area contributed by atoms with Crippen LogP contribution < -0.4 is 4.74 Å². The largest absolute Gasteiger partial charge is 0.476 e. The molecule has 0 atom stereocenters. The SMILES string of the molecule is CCN(CC)CCOc1cc(Cc2nc3ccnc(-c4cnn(Cc5ccccc5)c4)n3n2)ccn1. The second-order valence-corrected chi connectivity index (χ2v) is 8.53. The first-order valence-electron chi connectivity index (χ1n) is 12.3. The zero-order valence-corrected chi connectivity index (χ0v) is 20.7. The lowest BCUT2D eigenvalue weighted by atomic mass is 10.2. The summed E-state index contributed by atoms with van der Waals surface area (Å²) in [7, 11) is 0. The molecule has 0 fully saturated rings. The molecule has 0 unspecified atom stereocenters. The van der Waals surface area contributed by atoms with Crippen molar-refractivity contribution in [1.29, 1.82) is 0 Å². The molecule has 1 aromatic carbocycles. The van der Waals surface area contributed by atoms with Gasteiger partial charge in [-0.1, -0.05) is 44.2 Å². The lowest BCUT2D eigenvalue weighted by Gasteiger charge is -2.17. The molecule has 184 valence electrons. The van der Waals surface area contributed by atoms with Crippen LogP contribution in [0.3, 0.4) is 0 Å². The van der Waals surface area contributed by atoms with Crippen LogP contribution in [0.2, 0.25) is 0 Å². The van der Waals surface area contributed by atoms with Crippen LogP contribution in [0.5, 0.6) is 5.88 Å². The van der Waals surface area contributed by atoms with Gasteiger partial charge in [0.25, 0.3) is 0 Å². The van der Waals surface area contributed by atoms with E-state index in [2.05, 4.69) is 45.9 Å². The Morgan fingerprint density at radius 3 is 2.61 bits per heavy atom. The van der Waals surface area contributed by atoms with Crippen LogP contribution in [-0.2, 0) is 13.0 Å². The van der Waals surface area contributed by atoms with Crippen molar-refractivity contribution in [1.82, 2.24) is 39.2 Å². The molecule has 4 aromatic heterocycles. The van der Waals surface area contributed by atoms with Crippen molar-refractivity contribution >= 4 is 5.65 Å². The van der Waals surface area contributed by atoms with Gasteiger partial charge in [0.1, 0.15) is 6.61 Å². The predicted octanol–water partition coefficient (Wildman–Crippen LogP) is 3.74. The molecule has 0 spiro atoms. The molecule has 0 N–H and O–H groups in total. The summed E-state index contributed by atoms with van der Waals surface area (Å²) in [5.74, 6) is 2.04. The molecule has 0 saturated heterocycles. The molecular weight excluding hydrogens is 452 g/mol. The number of benzene rings is 1. The summed E-state index contributed by atoms with van der Waals surface area (Å²) in [6.07, 6.45) is 7.90. The molecule has 5 rings (SSSR count). The smallest absolute Gasteiger partial charge is 0.213 e. The summed E-state index contributed by atoms with van der Waals surface area (Å²) < 4.78 is 9.57. The Morgan fingerprint density at radius 1 is 0.944 bits per heavy atom. The first-order chi connectivity index (χ1) is 17.7. The first kappa shape index (κ1) is 23.6. The van der Waals surface area contributed by atoms with Gasteiger partial charge < -0.3 is 9.64 Å². The van der Waals surface area contributed by atoms with E-state index in [0.29, 0.717) is 37.1 Å². The van der Waals surface area contributed by atoms with E-state index in [-0.39, 0.29) is 0 Å². The maximum Gasteiger partial charge on any atom is 0.213 e. The molecule has 4 heterocycles. The highest BCUT2D eigenvalue weighted by Crippen LogP contribution is 2.19. The fourth-order valence-corrected chi connectivity index (χ4v) is 4.11. The van der Waals surface area contributed by atoms with Gasteiger partial charge in [-0.15, -0.1) is 5.10 Å². The van der Waals surface area contributed by atoms with Gasteiger partial charge in [-0.05, 0) is 30.3 Å². The Balaban J connectivity index is 1.30. The van der Waals surface area contributed by atoms with E-state index in [1.807, 2.05) is 53.5 Å². The molecule has 0 bridgehead atoms. The quantitative estimate of drug-likeness (QED) is 0.283. The third-order valence-corrected chi connectivity index (χ3v) is 6.09. The number of likely N-dealkylation sites (N-methyl/N-ethyl adjacent to an activating group) is 1. The van der Waals surface area contributed by atoms with Gasteiger partial charge in [0.05, 0.1) is 18.3 Å². The van der Waals surface area contributed by atoms with Crippen molar-refractivity contribution < 1.29 is 4.74 Å². The topological polar surface area (TPSA) is 86.3 Å². The van der Waals surface area contributed by atoms with Gasteiger partial charge in [0.15, 0.2) is 17.3 Å². The number of rotatable bonds is 11. The number of hydrogen-bond acceptors (Lipinski definition) is 7. The summed E-state index contributed by atoms with van der Waals surface area (Å²) in [4.78, 5) is 16.0. The minimum atomic E-state index is 0.573. The molecule has 9 nitrogen and oxygen atoms in total. The second-order valence-electron chi connectivity index (χ2n) is 8.53. The second kappa shape index (κ2) is 11.1. The highest BCUT2D eigenvalue weighted by molar-refractivity contribution is 5.56. The third kappa shape index (κ3) is 5.58. The van der Waals surface area contributed by atoms with E-state index < -0.39 is 0 Å². The Morgan fingerprint density at radius 2 is 1.78 bits per heavy atom. The fourth-order valence-electron chi connectivity index (χ4n) is 4.11. The number of hydrogen-bond donors (Lipinski definition) is 0. The summed E-state index contributed by atoms with van der Waals surface area (Å²) in [5.41, 5.74) is 3.87. The van der Waals surface area contributed by atoms with E-state index in [1.54, 1.807) is 16.9 Å². The fraction of sp³-hybridized carbons (Fsp3) is 0.296. The van der Waals surface area contributed by atoms with Crippen molar-refractivity contribution in [3.63, 3.8) is 0 Å². The summed E-state index contributed by atoms with van der Waals surface area (Å²) in [6.45, 7) is 8.52. The minimum Gasteiger partial charge on any atom is -0.476 e. The monoisotopic (exact) mass is 482 g/mol. The van der Waals surface area contributed by atoms with Crippen molar-refractivity contribution in [2.75, 3.05) is 26.2 Å². The van der Waals surface area contributed by atoms with Crippen molar-refractivity contribution in [3.8, 4) is 17.3 Å². The molecule has 5 aromatic rings. The van der Waals surface area contributed by atoms with E-state index in [4.69, 9.17) is 14.8 Å². The Labute approximate surface area is 210 Å². The van der Waals surface area contributed by atoms with Gasteiger partial charge in [0, 0.05) is 43.7 Å². The van der Waals surface area contributed by atoms with E-state index in [9.17, 15) is 0 Å². The highest BCUT2D eigenvalue weighted by atomic mass is 16.5. The van der Waals surface area contributed by atoms with Gasteiger partial charge in [0.2, 0.25) is 5.88 Å². The standard InChI is InChI=1S/C27H30N8O/c1-3-33(4-2)14-15-36-26-17-22(10-12-28-26)16-24-31-25-11-13-29-27(35(25)32-24)23-18-30-34(20-23)19-21-8-6-5-7-9-21/h5-13,17-18,20H,3-4,14-16,19H2,1-2H3. The summed E-state index contributed by atoms with van der Waals surface area (Å²) in [6, 6.07) is 16.0. The normalized spacial score (nSPS) is 11.4. The zero-order valence-electron chi connectivity index (χ0n) is 20.7. The first-order valence-corrected chi connectivity index (χ1v) is 12.3. The number of aromatic nitrogens is 7. The van der Waals surface area contributed by atoms with Crippen LogP contribution in [0, 0.1) is 0 Å². The molecule has 0 aliphatic rings. The molecule has 0 radical (unpaired) electrons. The molecule has 36 heavy (non-hydrogen) atoms. The Hall–Kier alpha value is -4.11. The number of fused-ring (bicyclic) bond motifs is 1. The van der Waals surface area contributed by atoms with Gasteiger partial charge in [-0.25, -0.2) is 15.0 Å². The third-order valence-electron chi connectivity index (χ3n) is 6.09. The molecular formula is C27H30N8O.